The van der Waals surface area contributed by atoms with Gasteiger partial charge in [-0.15, -0.1) is 0 Å². The zero-order valence-electron chi connectivity index (χ0n) is 9.68. The molecule has 1 heterocycles. The first-order valence-electron chi connectivity index (χ1n) is 5.69. The quantitative estimate of drug-likeness (QED) is 0.582. The van der Waals surface area contributed by atoms with Gasteiger partial charge in [0.25, 0.3) is 0 Å². The van der Waals surface area contributed by atoms with Crippen LogP contribution in [0.3, 0.4) is 0 Å². The molecule has 2 aliphatic rings. The number of fused-ring (bicyclic) bond motifs is 1. The van der Waals surface area contributed by atoms with Gasteiger partial charge < -0.3 is 5.11 Å². The molecule has 0 saturated carbocycles. The lowest BCUT2D eigenvalue weighted by Gasteiger charge is -2.27. The fraction of sp³-hybridized carbons (Fsp3) is 0.583. The highest BCUT2D eigenvalue weighted by Crippen LogP contribution is 2.45. The largest absolute Gasteiger partial charge is 0.481 e. The Bertz CT molecular complexity index is 415. The van der Waals surface area contributed by atoms with E-state index in [4.69, 9.17) is 5.11 Å². The second-order valence-corrected chi connectivity index (χ2v) is 4.82. The van der Waals surface area contributed by atoms with E-state index in [1.54, 1.807) is 6.92 Å². The Labute approximate surface area is 99.1 Å². The third kappa shape index (κ3) is 1.75. The van der Waals surface area contributed by atoms with Crippen LogP contribution in [-0.4, -0.2) is 34.3 Å². The molecule has 1 aliphatic carbocycles. The van der Waals surface area contributed by atoms with Crippen LogP contribution in [0.25, 0.3) is 0 Å². The van der Waals surface area contributed by atoms with Crippen LogP contribution >= 0.6 is 0 Å². The summed E-state index contributed by atoms with van der Waals surface area (Å²) in [6.45, 7) is 1.78. The zero-order chi connectivity index (χ0) is 12.6. The van der Waals surface area contributed by atoms with Crippen molar-refractivity contribution in [2.24, 2.45) is 11.3 Å². The van der Waals surface area contributed by atoms with Crippen LogP contribution in [0.4, 0.5) is 0 Å². The van der Waals surface area contributed by atoms with Crippen LogP contribution in [-0.2, 0) is 14.4 Å². The van der Waals surface area contributed by atoms with Gasteiger partial charge in [0.15, 0.2) is 0 Å². The smallest absolute Gasteiger partial charge is 0.305 e. The summed E-state index contributed by atoms with van der Waals surface area (Å²) >= 11 is 0. The molecule has 0 spiro atoms. The number of imide groups is 1. The summed E-state index contributed by atoms with van der Waals surface area (Å²) in [5, 5.41) is 8.61. The maximum absolute atomic E-state index is 12.2. The molecule has 0 aromatic rings. The van der Waals surface area contributed by atoms with Crippen LogP contribution in [0.2, 0.25) is 0 Å². The first kappa shape index (κ1) is 11.8. The predicted molar refractivity (Wildman–Crippen MR) is 58.9 cm³/mol. The molecule has 2 atom stereocenters. The van der Waals surface area contributed by atoms with Crippen molar-refractivity contribution in [3.8, 4) is 0 Å². The van der Waals surface area contributed by atoms with Gasteiger partial charge in [-0.25, -0.2) is 0 Å². The molecule has 1 fully saturated rings. The number of carbonyl (C=O) groups is 3. The highest BCUT2D eigenvalue weighted by Gasteiger charge is 2.55. The van der Waals surface area contributed by atoms with E-state index >= 15 is 0 Å². The second-order valence-electron chi connectivity index (χ2n) is 4.82. The van der Waals surface area contributed by atoms with E-state index in [1.807, 2.05) is 12.2 Å². The molecule has 0 aromatic heterocycles. The highest BCUT2D eigenvalue weighted by molar-refractivity contribution is 6.07. The van der Waals surface area contributed by atoms with Crippen LogP contribution in [0.1, 0.15) is 26.2 Å². The Balaban J connectivity index is 2.19. The van der Waals surface area contributed by atoms with Gasteiger partial charge in [-0.1, -0.05) is 12.2 Å². The van der Waals surface area contributed by atoms with Gasteiger partial charge in [0, 0.05) is 6.54 Å². The molecule has 1 aliphatic heterocycles. The van der Waals surface area contributed by atoms with Crippen LogP contribution in [0.5, 0.6) is 0 Å². The Morgan fingerprint density at radius 3 is 2.82 bits per heavy atom. The van der Waals surface area contributed by atoms with Crippen molar-refractivity contribution >= 4 is 17.8 Å². The average Bonchev–Trinajstić information content (AvgIpc) is 2.46. The first-order chi connectivity index (χ1) is 7.97. The van der Waals surface area contributed by atoms with E-state index in [1.165, 1.54) is 0 Å². The summed E-state index contributed by atoms with van der Waals surface area (Å²) in [4.78, 5) is 35.8. The topological polar surface area (TPSA) is 74.7 Å². The van der Waals surface area contributed by atoms with Gasteiger partial charge in [-0.3, -0.25) is 19.3 Å². The number of carboxylic acids is 1. The number of carboxylic acid groups (broad SMARTS) is 1. The zero-order valence-corrected chi connectivity index (χ0v) is 9.68. The minimum Gasteiger partial charge on any atom is -0.481 e. The van der Waals surface area contributed by atoms with Crippen molar-refractivity contribution in [1.82, 2.24) is 4.90 Å². The summed E-state index contributed by atoms with van der Waals surface area (Å²) in [6.07, 6.45) is 4.78. The summed E-state index contributed by atoms with van der Waals surface area (Å²) in [5.74, 6) is -1.75. The van der Waals surface area contributed by atoms with Crippen molar-refractivity contribution in [2.75, 3.05) is 6.54 Å². The van der Waals surface area contributed by atoms with Gasteiger partial charge in [0.2, 0.25) is 11.8 Å². The molecule has 2 rings (SSSR count). The number of carbonyl (C=O) groups excluding carboxylic acids is 2. The fourth-order valence-corrected chi connectivity index (χ4v) is 2.59. The number of allylic oxidation sites excluding steroid dienone is 2. The molecule has 0 unspecified atom stereocenters. The molecule has 5 nitrogen and oxygen atoms in total. The summed E-state index contributed by atoms with van der Waals surface area (Å²) < 4.78 is 0. The van der Waals surface area contributed by atoms with E-state index in [2.05, 4.69) is 0 Å². The molecule has 17 heavy (non-hydrogen) atoms. The lowest BCUT2D eigenvalue weighted by molar-refractivity contribution is -0.142. The number of rotatable bonds is 3. The Hall–Kier alpha value is -1.65. The lowest BCUT2D eigenvalue weighted by Crippen LogP contribution is -2.36. The molecule has 1 saturated heterocycles. The molecule has 0 radical (unpaired) electrons. The number of hydrogen-bond acceptors (Lipinski definition) is 3. The van der Waals surface area contributed by atoms with Gasteiger partial charge in [0.1, 0.15) is 0 Å². The number of likely N-dealkylation sites (tertiary alicyclic amines) is 1. The normalized spacial score (nSPS) is 31.8. The Kier molecular flexibility index (Phi) is 2.77. The van der Waals surface area contributed by atoms with Crippen LogP contribution in [0, 0.1) is 11.3 Å². The lowest BCUT2D eigenvalue weighted by atomic mass is 9.72. The maximum atomic E-state index is 12.2. The first-order valence-corrected chi connectivity index (χ1v) is 5.69. The molecule has 0 aromatic carbocycles. The predicted octanol–water partition coefficient (Wildman–Crippen LogP) is 0.802. The van der Waals surface area contributed by atoms with Crippen LogP contribution in [0.15, 0.2) is 12.2 Å². The highest BCUT2D eigenvalue weighted by atomic mass is 16.4. The average molecular weight is 237 g/mol. The van der Waals surface area contributed by atoms with Gasteiger partial charge >= 0.3 is 5.97 Å². The SMILES string of the molecule is C[C@]12CC=CC[C@H]1C(=O)N(CCC(=O)O)C2=O. The maximum Gasteiger partial charge on any atom is 0.305 e. The third-order valence-electron chi connectivity index (χ3n) is 3.70. The van der Waals surface area contributed by atoms with Crippen molar-refractivity contribution in [3.63, 3.8) is 0 Å². The minimum absolute atomic E-state index is 0.0148. The van der Waals surface area contributed by atoms with E-state index in [-0.39, 0.29) is 30.7 Å². The molecular weight excluding hydrogens is 222 g/mol. The van der Waals surface area contributed by atoms with Gasteiger partial charge in [-0.05, 0) is 19.8 Å². The summed E-state index contributed by atoms with van der Waals surface area (Å²) in [6, 6.07) is 0. The van der Waals surface area contributed by atoms with Gasteiger partial charge in [-0.2, -0.15) is 0 Å². The number of hydrogen-bond donors (Lipinski definition) is 1. The summed E-state index contributed by atoms with van der Waals surface area (Å²) in [7, 11) is 0. The van der Waals surface area contributed by atoms with Crippen molar-refractivity contribution in [3.05, 3.63) is 12.2 Å². The fourth-order valence-electron chi connectivity index (χ4n) is 2.59. The van der Waals surface area contributed by atoms with E-state index in [0.717, 1.165) is 4.90 Å². The monoisotopic (exact) mass is 237 g/mol. The Morgan fingerprint density at radius 2 is 2.24 bits per heavy atom. The molecule has 0 bridgehead atoms. The minimum atomic E-state index is -0.997. The third-order valence-corrected chi connectivity index (χ3v) is 3.70. The van der Waals surface area contributed by atoms with Crippen molar-refractivity contribution in [1.29, 1.82) is 0 Å². The number of aliphatic carboxylic acids is 1. The molecule has 5 heteroatoms. The standard InChI is InChI=1S/C12H15NO4/c1-12-6-3-2-4-8(12)10(16)13(11(12)17)7-5-9(14)15/h2-3,8H,4-7H2,1H3,(H,14,15)/t8-,12-/m0/s1. The second kappa shape index (κ2) is 3.98. The van der Waals surface area contributed by atoms with Gasteiger partial charge in [0.05, 0.1) is 17.8 Å². The molecule has 1 N–H and O–H groups in total. The van der Waals surface area contributed by atoms with Crippen molar-refractivity contribution in [2.45, 2.75) is 26.2 Å². The molecule has 92 valence electrons. The molecular formula is C12H15NO4. The van der Waals surface area contributed by atoms with E-state index in [0.29, 0.717) is 12.8 Å². The van der Waals surface area contributed by atoms with Crippen LogP contribution < -0.4 is 0 Å². The van der Waals surface area contributed by atoms with E-state index in [9.17, 15) is 14.4 Å². The van der Waals surface area contributed by atoms with E-state index < -0.39 is 11.4 Å². The van der Waals surface area contributed by atoms with Crippen molar-refractivity contribution < 1.29 is 19.5 Å². The Morgan fingerprint density at radius 1 is 1.53 bits per heavy atom. The molecule has 2 amide bonds. The summed E-state index contributed by atoms with van der Waals surface area (Å²) in [5.41, 5.74) is -0.662. The number of nitrogens with zero attached hydrogens (tertiary/aromatic N) is 1. The number of amides is 2.